The van der Waals surface area contributed by atoms with E-state index in [1.165, 1.54) is 0 Å². The summed E-state index contributed by atoms with van der Waals surface area (Å²) in [6.45, 7) is 4.42. The Hall–Kier alpha value is -0.840. The van der Waals surface area contributed by atoms with Gasteiger partial charge in [0.15, 0.2) is 0 Å². The molecule has 17 heavy (non-hydrogen) atoms. The molecule has 0 aliphatic carbocycles. The van der Waals surface area contributed by atoms with E-state index in [1.54, 1.807) is 0 Å². The highest BCUT2D eigenvalue weighted by Gasteiger charge is 2.22. The zero-order valence-electron chi connectivity index (χ0n) is 9.65. The molecule has 0 spiro atoms. The maximum atomic E-state index is 5.98. The molecule has 3 nitrogen and oxygen atoms in total. The summed E-state index contributed by atoms with van der Waals surface area (Å²) >= 11 is 11.1. The fraction of sp³-hybridized carbons (Fsp3) is 0.417. The number of benzene rings is 1. The number of nitrogens with two attached hydrogens (primary N) is 1. The molecule has 0 radical (unpaired) electrons. The molecule has 1 unspecified atom stereocenters. The fourth-order valence-corrected chi connectivity index (χ4v) is 2.38. The van der Waals surface area contributed by atoms with Crippen LogP contribution < -0.4 is 10.6 Å². The third-order valence-corrected chi connectivity index (χ3v) is 3.36. The summed E-state index contributed by atoms with van der Waals surface area (Å²) in [4.78, 5) is 2.63. The van der Waals surface area contributed by atoms with Crippen LogP contribution in [0.4, 0.5) is 5.69 Å². The minimum Gasteiger partial charge on any atom is -0.389 e. The summed E-state index contributed by atoms with van der Waals surface area (Å²) in [7, 11) is 0. The van der Waals surface area contributed by atoms with Gasteiger partial charge in [-0.3, -0.25) is 0 Å². The van der Waals surface area contributed by atoms with Crippen LogP contribution in [0.5, 0.6) is 0 Å². The van der Waals surface area contributed by atoms with E-state index in [-0.39, 0.29) is 0 Å². The van der Waals surface area contributed by atoms with Crippen molar-refractivity contribution in [2.75, 3.05) is 24.7 Å². The molecule has 1 aliphatic rings. The Labute approximate surface area is 111 Å². The van der Waals surface area contributed by atoms with Crippen LogP contribution in [0.2, 0.25) is 5.02 Å². The van der Waals surface area contributed by atoms with Gasteiger partial charge in [-0.2, -0.15) is 0 Å². The predicted molar refractivity (Wildman–Crippen MR) is 75.0 cm³/mol. The van der Waals surface area contributed by atoms with E-state index < -0.39 is 0 Å². The Kier molecular flexibility index (Phi) is 3.86. The maximum absolute atomic E-state index is 5.98. The van der Waals surface area contributed by atoms with E-state index in [2.05, 4.69) is 11.8 Å². The molecule has 92 valence electrons. The van der Waals surface area contributed by atoms with Crippen LogP contribution in [0.1, 0.15) is 12.5 Å². The molecule has 1 heterocycles. The van der Waals surface area contributed by atoms with Gasteiger partial charge < -0.3 is 15.4 Å². The Bertz CT molecular complexity index is 439. The summed E-state index contributed by atoms with van der Waals surface area (Å²) in [6.07, 6.45) is 0. The summed E-state index contributed by atoms with van der Waals surface area (Å²) in [5.74, 6) is 0. The Balaban J connectivity index is 2.39. The molecule has 0 saturated carbocycles. The van der Waals surface area contributed by atoms with Crippen molar-refractivity contribution in [2.24, 2.45) is 5.73 Å². The highest BCUT2D eigenvalue weighted by Crippen LogP contribution is 2.27. The Morgan fingerprint density at radius 3 is 3.00 bits per heavy atom. The number of thiocarbonyl (C=S) groups is 1. The number of rotatable bonds is 2. The standard InChI is InChI=1S/C12H15ClN2OS/c1-8-7-16-5-4-15(8)11-3-2-9(13)6-10(11)12(14)17/h2-3,6,8H,4-5,7H2,1H3,(H2,14,17). The topological polar surface area (TPSA) is 38.5 Å². The molecule has 1 aromatic rings. The largest absolute Gasteiger partial charge is 0.389 e. The van der Waals surface area contributed by atoms with Gasteiger partial charge in [-0.05, 0) is 25.1 Å². The van der Waals surface area contributed by atoms with Crippen LogP contribution in [-0.4, -0.2) is 30.8 Å². The number of hydrogen-bond acceptors (Lipinski definition) is 3. The van der Waals surface area contributed by atoms with Crippen molar-refractivity contribution in [3.8, 4) is 0 Å². The van der Waals surface area contributed by atoms with E-state index in [1.807, 2.05) is 18.2 Å². The summed E-state index contributed by atoms with van der Waals surface area (Å²) in [5.41, 5.74) is 7.62. The lowest BCUT2D eigenvalue weighted by Crippen LogP contribution is -2.44. The van der Waals surface area contributed by atoms with Gasteiger partial charge in [-0.25, -0.2) is 0 Å². The molecule has 5 heteroatoms. The number of morpholine rings is 1. The molecule has 1 aliphatic heterocycles. The minimum atomic E-state index is 0.318. The van der Waals surface area contributed by atoms with Crippen LogP contribution in [-0.2, 0) is 4.74 Å². The maximum Gasteiger partial charge on any atom is 0.106 e. The minimum absolute atomic E-state index is 0.318. The summed E-state index contributed by atoms with van der Waals surface area (Å²) in [6, 6.07) is 5.97. The first-order valence-electron chi connectivity index (χ1n) is 5.53. The average Bonchev–Trinajstić information content (AvgIpc) is 2.30. The molecule has 1 atom stereocenters. The molecule has 1 saturated heterocycles. The van der Waals surface area contributed by atoms with Crippen molar-refractivity contribution in [1.29, 1.82) is 0 Å². The highest BCUT2D eigenvalue weighted by atomic mass is 35.5. The van der Waals surface area contributed by atoms with Crippen molar-refractivity contribution < 1.29 is 4.74 Å². The fourth-order valence-electron chi connectivity index (χ4n) is 2.04. The van der Waals surface area contributed by atoms with Crippen molar-refractivity contribution >= 4 is 34.5 Å². The lowest BCUT2D eigenvalue weighted by molar-refractivity contribution is 0.0989. The van der Waals surface area contributed by atoms with Gasteiger partial charge in [-0.15, -0.1) is 0 Å². The molecular weight excluding hydrogens is 256 g/mol. The quantitative estimate of drug-likeness (QED) is 0.837. The second kappa shape index (κ2) is 5.21. The second-order valence-corrected chi connectivity index (χ2v) is 5.02. The van der Waals surface area contributed by atoms with E-state index in [9.17, 15) is 0 Å². The van der Waals surface area contributed by atoms with E-state index in [0.29, 0.717) is 16.1 Å². The molecule has 2 N–H and O–H groups in total. The van der Waals surface area contributed by atoms with Gasteiger partial charge in [0.2, 0.25) is 0 Å². The normalized spacial score (nSPS) is 20.4. The SMILES string of the molecule is CC1COCCN1c1ccc(Cl)cc1C(N)=S. The van der Waals surface area contributed by atoms with Gasteiger partial charge in [0.05, 0.1) is 13.2 Å². The van der Waals surface area contributed by atoms with Gasteiger partial charge in [-0.1, -0.05) is 23.8 Å². The molecule has 1 fully saturated rings. The van der Waals surface area contributed by atoms with Crippen LogP contribution >= 0.6 is 23.8 Å². The van der Waals surface area contributed by atoms with E-state index in [0.717, 1.165) is 31.0 Å². The third-order valence-electron chi connectivity index (χ3n) is 2.90. The second-order valence-electron chi connectivity index (χ2n) is 4.14. The Morgan fingerprint density at radius 2 is 2.35 bits per heavy atom. The number of halogens is 1. The number of ether oxygens (including phenoxy) is 1. The first kappa shape index (κ1) is 12.6. The zero-order valence-corrected chi connectivity index (χ0v) is 11.2. The van der Waals surface area contributed by atoms with Crippen LogP contribution in [0.3, 0.4) is 0 Å². The van der Waals surface area contributed by atoms with Crippen LogP contribution in [0.15, 0.2) is 18.2 Å². The molecule has 1 aromatic carbocycles. The van der Waals surface area contributed by atoms with Crippen molar-refractivity contribution in [1.82, 2.24) is 0 Å². The zero-order chi connectivity index (χ0) is 12.4. The van der Waals surface area contributed by atoms with Gasteiger partial charge >= 0.3 is 0 Å². The number of hydrogen-bond donors (Lipinski definition) is 1. The molecular formula is C12H15ClN2OS. The average molecular weight is 271 g/mol. The molecule has 2 rings (SSSR count). The van der Waals surface area contributed by atoms with Crippen molar-refractivity contribution in [3.05, 3.63) is 28.8 Å². The molecule has 0 bridgehead atoms. The summed E-state index contributed by atoms with van der Waals surface area (Å²) < 4.78 is 5.43. The predicted octanol–water partition coefficient (Wildman–Crippen LogP) is 2.20. The number of nitrogens with zero attached hydrogens (tertiary/aromatic N) is 1. The molecule has 0 aromatic heterocycles. The van der Waals surface area contributed by atoms with Crippen molar-refractivity contribution in [3.63, 3.8) is 0 Å². The van der Waals surface area contributed by atoms with Gasteiger partial charge in [0.25, 0.3) is 0 Å². The molecule has 0 amide bonds. The lowest BCUT2D eigenvalue weighted by Gasteiger charge is -2.36. The first-order valence-corrected chi connectivity index (χ1v) is 6.32. The van der Waals surface area contributed by atoms with E-state index in [4.69, 9.17) is 34.3 Å². The smallest absolute Gasteiger partial charge is 0.106 e. The first-order chi connectivity index (χ1) is 8.09. The monoisotopic (exact) mass is 270 g/mol. The lowest BCUT2D eigenvalue weighted by atomic mass is 10.1. The van der Waals surface area contributed by atoms with Crippen LogP contribution in [0, 0.1) is 0 Å². The Morgan fingerprint density at radius 1 is 1.59 bits per heavy atom. The third kappa shape index (κ3) is 2.70. The van der Waals surface area contributed by atoms with Crippen LogP contribution in [0.25, 0.3) is 0 Å². The number of anilines is 1. The van der Waals surface area contributed by atoms with Crippen molar-refractivity contribution in [2.45, 2.75) is 13.0 Å². The van der Waals surface area contributed by atoms with Gasteiger partial charge in [0.1, 0.15) is 4.99 Å². The van der Waals surface area contributed by atoms with Gasteiger partial charge in [0, 0.05) is 28.9 Å². The van der Waals surface area contributed by atoms with E-state index >= 15 is 0 Å². The summed E-state index contributed by atoms with van der Waals surface area (Å²) in [5, 5.41) is 0.650. The highest BCUT2D eigenvalue weighted by molar-refractivity contribution is 7.80.